The molecule has 0 atom stereocenters. The summed E-state index contributed by atoms with van der Waals surface area (Å²) in [6.07, 6.45) is 6.78. The molecule has 0 fully saturated rings. The van der Waals surface area contributed by atoms with Gasteiger partial charge in [-0.2, -0.15) is 0 Å². The number of unbranched alkanes of at least 4 members (excludes halogenated alkanes) is 2. The van der Waals surface area contributed by atoms with Crippen molar-refractivity contribution in [3.63, 3.8) is 0 Å². The maximum Gasteiger partial charge on any atom is 0.166 e. The van der Waals surface area contributed by atoms with E-state index in [4.69, 9.17) is 0 Å². The number of carbonyl (C=O) groups is 1. The molecule has 15 heavy (non-hydrogen) atoms. The number of carbonyl (C=O) groups excluding carboxylic acids is 1. The summed E-state index contributed by atoms with van der Waals surface area (Å²) in [4.78, 5) is 10.9. The highest BCUT2D eigenvalue weighted by molar-refractivity contribution is 5.72. The van der Waals surface area contributed by atoms with Gasteiger partial charge in [0.25, 0.3) is 0 Å². The van der Waals surface area contributed by atoms with Crippen LogP contribution in [0.5, 0.6) is 0 Å². The largest absolute Gasteiger partial charge is 0.342 e. The summed E-state index contributed by atoms with van der Waals surface area (Å²) in [7, 11) is 0. The van der Waals surface area contributed by atoms with Crippen molar-refractivity contribution in [1.82, 2.24) is 4.57 Å². The molecule has 0 saturated carbocycles. The van der Waals surface area contributed by atoms with Crippen LogP contribution in [0.1, 0.15) is 55.7 Å². The van der Waals surface area contributed by atoms with Crippen LogP contribution >= 0.6 is 0 Å². The average molecular weight is 207 g/mol. The molecule has 0 aliphatic rings. The fourth-order valence-electron chi connectivity index (χ4n) is 1.80. The Hall–Kier alpha value is -1.05. The molecule has 0 amide bonds. The van der Waals surface area contributed by atoms with Crippen molar-refractivity contribution >= 4 is 6.29 Å². The number of hydrogen-bond donors (Lipinski definition) is 0. The van der Waals surface area contributed by atoms with Gasteiger partial charge in [0.2, 0.25) is 0 Å². The van der Waals surface area contributed by atoms with Crippen LogP contribution in [0.3, 0.4) is 0 Å². The fourth-order valence-corrected chi connectivity index (χ4v) is 1.80. The van der Waals surface area contributed by atoms with Crippen LogP contribution in [-0.4, -0.2) is 10.9 Å². The molecular formula is C13H21NO. The average Bonchev–Trinajstić information content (AvgIpc) is 2.65. The lowest BCUT2D eigenvalue weighted by atomic mass is 10.2. The molecule has 0 aliphatic carbocycles. The third kappa shape index (κ3) is 3.22. The monoisotopic (exact) mass is 207 g/mol. The second kappa shape index (κ2) is 6.44. The van der Waals surface area contributed by atoms with E-state index in [9.17, 15) is 4.79 Å². The summed E-state index contributed by atoms with van der Waals surface area (Å²) in [5, 5.41) is 0. The number of hydrogen-bond acceptors (Lipinski definition) is 1. The number of rotatable bonds is 7. The molecule has 0 radical (unpaired) electrons. The van der Waals surface area contributed by atoms with E-state index in [1.54, 1.807) is 0 Å². The maximum atomic E-state index is 10.9. The molecule has 0 aromatic carbocycles. The van der Waals surface area contributed by atoms with Gasteiger partial charge in [-0.05, 0) is 31.4 Å². The van der Waals surface area contributed by atoms with Gasteiger partial charge in [0.15, 0.2) is 6.29 Å². The van der Waals surface area contributed by atoms with E-state index < -0.39 is 0 Å². The van der Waals surface area contributed by atoms with Crippen molar-refractivity contribution in [1.29, 1.82) is 0 Å². The smallest absolute Gasteiger partial charge is 0.166 e. The molecule has 0 saturated heterocycles. The molecule has 1 heterocycles. The summed E-state index contributed by atoms with van der Waals surface area (Å²) in [6, 6.07) is 4.03. The van der Waals surface area contributed by atoms with E-state index in [1.807, 2.05) is 6.07 Å². The molecule has 1 aromatic heterocycles. The lowest BCUT2D eigenvalue weighted by Crippen LogP contribution is -2.06. The number of aromatic nitrogens is 1. The van der Waals surface area contributed by atoms with Gasteiger partial charge in [-0.25, -0.2) is 0 Å². The van der Waals surface area contributed by atoms with Crippen LogP contribution in [0.15, 0.2) is 12.1 Å². The predicted molar refractivity (Wildman–Crippen MR) is 63.3 cm³/mol. The molecule has 0 unspecified atom stereocenters. The highest BCUT2D eigenvalue weighted by Gasteiger charge is 2.06. The Morgan fingerprint density at radius 1 is 1.20 bits per heavy atom. The molecular weight excluding hydrogens is 186 g/mol. The quantitative estimate of drug-likeness (QED) is 0.628. The Labute approximate surface area is 92.3 Å². The molecule has 84 valence electrons. The molecule has 0 aliphatic heterocycles. The minimum atomic E-state index is 0.828. The van der Waals surface area contributed by atoms with Crippen molar-refractivity contribution in [2.75, 3.05) is 0 Å². The fraction of sp³-hybridized carbons (Fsp3) is 0.615. The second-order valence-corrected chi connectivity index (χ2v) is 3.98. The molecule has 0 N–H and O–H groups in total. The van der Waals surface area contributed by atoms with Crippen LogP contribution in [0.4, 0.5) is 0 Å². The molecule has 0 spiro atoms. The van der Waals surface area contributed by atoms with Gasteiger partial charge < -0.3 is 4.57 Å². The summed E-state index contributed by atoms with van der Waals surface area (Å²) in [5.74, 6) is 0. The Morgan fingerprint density at radius 2 is 1.93 bits per heavy atom. The van der Waals surface area contributed by atoms with Gasteiger partial charge in [0.05, 0.1) is 5.69 Å². The first kappa shape index (κ1) is 12.0. The van der Waals surface area contributed by atoms with Gasteiger partial charge >= 0.3 is 0 Å². The number of aldehydes is 1. The third-order valence-electron chi connectivity index (χ3n) is 2.75. The molecule has 1 aromatic rings. The molecule has 1 rings (SSSR count). The van der Waals surface area contributed by atoms with Gasteiger partial charge in [-0.1, -0.05) is 26.7 Å². The number of nitrogens with zero attached hydrogens (tertiary/aromatic N) is 1. The van der Waals surface area contributed by atoms with E-state index in [0.717, 1.165) is 31.4 Å². The second-order valence-electron chi connectivity index (χ2n) is 3.98. The Kier molecular flexibility index (Phi) is 5.16. The topological polar surface area (TPSA) is 22.0 Å². The highest BCUT2D eigenvalue weighted by atomic mass is 16.1. The highest BCUT2D eigenvalue weighted by Crippen LogP contribution is 2.12. The van der Waals surface area contributed by atoms with Crippen molar-refractivity contribution < 1.29 is 4.79 Å². The van der Waals surface area contributed by atoms with E-state index in [2.05, 4.69) is 24.5 Å². The summed E-state index contributed by atoms with van der Waals surface area (Å²) >= 11 is 0. The molecule has 2 nitrogen and oxygen atoms in total. The Morgan fingerprint density at radius 3 is 2.53 bits per heavy atom. The minimum absolute atomic E-state index is 0.828. The summed E-state index contributed by atoms with van der Waals surface area (Å²) in [6.45, 7) is 5.35. The van der Waals surface area contributed by atoms with E-state index >= 15 is 0 Å². The number of aryl methyl sites for hydroxylation is 1. The first-order chi connectivity index (χ1) is 7.33. The SMILES string of the molecule is CCCCc1ccc(C=O)n1CCCC. The first-order valence-electron chi connectivity index (χ1n) is 5.97. The van der Waals surface area contributed by atoms with E-state index in [0.29, 0.717) is 0 Å². The third-order valence-corrected chi connectivity index (χ3v) is 2.75. The van der Waals surface area contributed by atoms with Gasteiger partial charge in [0.1, 0.15) is 0 Å². The zero-order valence-electron chi connectivity index (χ0n) is 9.83. The van der Waals surface area contributed by atoms with Gasteiger partial charge in [-0.3, -0.25) is 4.79 Å². The van der Waals surface area contributed by atoms with Crippen LogP contribution in [0, 0.1) is 0 Å². The van der Waals surface area contributed by atoms with Crippen LogP contribution < -0.4 is 0 Å². The summed E-state index contributed by atoms with van der Waals surface area (Å²) < 4.78 is 2.17. The standard InChI is InChI=1S/C13H21NO/c1-3-5-7-12-8-9-13(11-15)14(12)10-6-4-2/h8-9,11H,3-7,10H2,1-2H3. The van der Waals surface area contributed by atoms with Crippen molar-refractivity contribution in [2.45, 2.75) is 52.5 Å². The predicted octanol–water partition coefficient (Wildman–Crippen LogP) is 3.44. The van der Waals surface area contributed by atoms with Crippen molar-refractivity contribution in [3.05, 3.63) is 23.5 Å². The van der Waals surface area contributed by atoms with Gasteiger partial charge in [0, 0.05) is 12.2 Å². The normalized spacial score (nSPS) is 10.5. The van der Waals surface area contributed by atoms with Crippen molar-refractivity contribution in [2.24, 2.45) is 0 Å². The Bertz CT molecular complexity index is 301. The van der Waals surface area contributed by atoms with Crippen molar-refractivity contribution in [3.8, 4) is 0 Å². The molecule has 2 heteroatoms. The van der Waals surface area contributed by atoms with E-state index in [1.165, 1.54) is 25.0 Å². The van der Waals surface area contributed by atoms with Crippen LogP contribution in [0.2, 0.25) is 0 Å². The van der Waals surface area contributed by atoms with E-state index in [-0.39, 0.29) is 0 Å². The van der Waals surface area contributed by atoms with Gasteiger partial charge in [-0.15, -0.1) is 0 Å². The zero-order valence-corrected chi connectivity index (χ0v) is 9.83. The first-order valence-corrected chi connectivity index (χ1v) is 5.97. The van der Waals surface area contributed by atoms with Crippen LogP contribution in [-0.2, 0) is 13.0 Å². The minimum Gasteiger partial charge on any atom is -0.342 e. The Balaban J connectivity index is 2.75. The van der Waals surface area contributed by atoms with Crippen LogP contribution in [0.25, 0.3) is 0 Å². The maximum absolute atomic E-state index is 10.9. The lowest BCUT2D eigenvalue weighted by Gasteiger charge is -2.09. The lowest BCUT2D eigenvalue weighted by molar-refractivity contribution is 0.111. The zero-order chi connectivity index (χ0) is 11.1. The summed E-state index contributed by atoms with van der Waals surface area (Å²) in [5.41, 5.74) is 2.14. The molecule has 0 bridgehead atoms.